The second-order valence-corrected chi connectivity index (χ2v) is 11.7. The van der Waals surface area contributed by atoms with Crippen LogP contribution in [-0.4, -0.2) is 35.4 Å². The molecular formula is C27H17ClN6O2S3. The Labute approximate surface area is 239 Å². The highest BCUT2D eigenvalue weighted by molar-refractivity contribution is 7.98. The largest absolute Gasteiger partial charge is 0.497 e. The van der Waals surface area contributed by atoms with Gasteiger partial charge in [-0.25, -0.2) is 15.0 Å². The molecule has 0 fully saturated rings. The van der Waals surface area contributed by atoms with Crippen molar-refractivity contribution in [3.05, 3.63) is 98.0 Å². The molecule has 0 aliphatic heterocycles. The number of thioether (sulfide) groups is 1. The number of benzene rings is 2. The SMILES string of the molecule is COc1cccc(-n2c(=S)sc3c2nc(SCc2cc(=O)n4cc(Cl)ccc4n2)n2c4ccccc4nc32)c1. The third-order valence-electron chi connectivity index (χ3n) is 6.28. The van der Waals surface area contributed by atoms with Crippen molar-refractivity contribution in [1.29, 1.82) is 0 Å². The molecule has 0 bridgehead atoms. The molecular weight excluding hydrogens is 572 g/mol. The van der Waals surface area contributed by atoms with Crippen LogP contribution in [0.4, 0.5) is 0 Å². The molecule has 7 rings (SSSR count). The van der Waals surface area contributed by atoms with Crippen LogP contribution < -0.4 is 10.3 Å². The van der Waals surface area contributed by atoms with E-state index in [4.69, 9.17) is 38.5 Å². The van der Waals surface area contributed by atoms with Crippen molar-refractivity contribution in [2.45, 2.75) is 10.9 Å². The molecule has 0 aliphatic carbocycles. The number of methoxy groups -OCH3 is 1. The van der Waals surface area contributed by atoms with E-state index in [9.17, 15) is 4.79 Å². The fourth-order valence-corrected chi connectivity index (χ4v) is 6.94. The van der Waals surface area contributed by atoms with Crippen LogP contribution in [0.3, 0.4) is 0 Å². The molecule has 0 spiro atoms. The predicted octanol–water partition coefficient (Wildman–Crippen LogP) is 6.58. The minimum absolute atomic E-state index is 0.191. The van der Waals surface area contributed by atoms with Crippen LogP contribution in [0.1, 0.15) is 5.69 Å². The van der Waals surface area contributed by atoms with Gasteiger partial charge in [0.25, 0.3) is 5.56 Å². The first kappa shape index (κ1) is 24.3. The fraction of sp³-hybridized carbons (Fsp3) is 0.0741. The first-order chi connectivity index (χ1) is 19.0. The summed E-state index contributed by atoms with van der Waals surface area (Å²) in [4.78, 5) is 27.5. The molecule has 5 aromatic heterocycles. The van der Waals surface area contributed by atoms with Gasteiger partial charge in [0.05, 0.1) is 34.5 Å². The van der Waals surface area contributed by atoms with Gasteiger partial charge in [-0.15, -0.1) is 0 Å². The molecule has 0 N–H and O–H groups in total. The van der Waals surface area contributed by atoms with Gasteiger partial charge in [-0.3, -0.25) is 18.2 Å². The highest BCUT2D eigenvalue weighted by atomic mass is 35.5. The summed E-state index contributed by atoms with van der Waals surface area (Å²) in [5, 5.41) is 1.19. The molecule has 12 heteroatoms. The summed E-state index contributed by atoms with van der Waals surface area (Å²) in [7, 11) is 1.64. The van der Waals surface area contributed by atoms with E-state index in [2.05, 4.69) is 9.38 Å². The molecule has 0 radical (unpaired) electrons. The smallest absolute Gasteiger partial charge is 0.258 e. The van der Waals surface area contributed by atoms with Gasteiger partial charge < -0.3 is 4.74 Å². The lowest BCUT2D eigenvalue weighted by Crippen LogP contribution is -2.15. The topological polar surface area (TPSA) is 78.7 Å². The fourth-order valence-electron chi connectivity index (χ4n) is 4.54. The zero-order valence-corrected chi connectivity index (χ0v) is 23.4. The third-order valence-corrected chi connectivity index (χ3v) is 8.84. The highest BCUT2D eigenvalue weighted by Crippen LogP contribution is 2.35. The van der Waals surface area contributed by atoms with Crippen LogP contribution in [0, 0.1) is 3.95 Å². The van der Waals surface area contributed by atoms with Gasteiger partial charge in [-0.05, 0) is 48.6 Å². The molecule has 2 aromatic carbocycles. The van der Waals surface area contributed by atoms with Crippen LogP contribution >= 0.6 is 46.9 Å². The normalized spacial score (nSPS) is 11.7. The van der Waals surface area contributed by atoms with Crippen LogP contribution in [0.5, 0.6) is 5.75 Å². The monoisotopic (exact) mass is 588 g/mol. The number of pyridine rings is 1. The maximum Gasteiger partial charge on any atom is 0.258 e. The number of para-hydroxylation sites is 2. The van der Waals surface area contributed by atoms with E-state index < -0.39 is 0 Å². The Morgan fingerprint density at radius 1 is 1.03 bits per heavy atom. The van der Waals surface area contributed by atoms with E-state index in [1.165, 1.54) is 33.6 Å². The van der Waals surface area contributed by atoms with Gasteiger partial charge in [0.15, 0.2) is 20.4 Å². The summed E-state index contributed by atoms with van der Waals surface area (Å²) in [5.41, 5.74) is 5.14. The summed E-state index contributed by atoms with van der Waals surface area (Å²) in [5.74, 6) is 1.16. The average molecular weight is 589 g/mol. The molecule has 0 amide bonds. The molecule has 5 heterocycles. The van der Waals surface area contributed by atoms with E-state index in [1.54, 1.807) is 25.4 Å². The lowest BCUT2D eigenvalue weighted by Gasteiger charge is -2.10. The lowest BCUT2D eigenvalue weighted by molar-refractivity contribution is 0.414. The Kier molecular flexibility index (Phi) is 5.89. The number of halogens is 1. The van der Waals surface area contributed by atoms with Crippen molar-refractivity contribution in [3.63, 3.8) is 0 Å². The summed E-state index contributed by atoms with van der Waals surface area (Å²) < 4.78 is 12.4. The van der Waals surface area contributed by atoms with E-state index >= 15 is 0 Å². The zero-order chi connectivity index (χ0) is 26.7. The molecule has 0 atom stereocenters. The number of imidazole rings is 1. The van der Waals surface area contributed by atoms with Crippen molar-refractivity contribution in [3.8, 4) is 11.4 Å². The van der Waals surface area contributed by atoms with Crippen LogP contribution in [0.25, 0.3) is 38.4 Å². The second-order valence-electron chi connectivity index (χ2n) is 8.66. The van der Waals surface area contributed by atoms with Crippen LogP contribution in [0.15, 0.2) is 82.9 Å². The maximum absolute atomic E-state index is 12.7. The standard InChI is InChI=1S/C27H17ClN6O2S3/c1-36-18-6-4-5-17(12-18)33-25-23(39-27(33)37)24-30-19-7-2-3-8-20(19)34(24)26(31-25)38-14-16-11-22(35)32-13-15(28)9-10-21(32)29-16/h2-13H,14H2,1H3. The minimum atomic E-state index is -0.191. The van der Waals surface area contributed by atoms with E-state index in [1.807, 2.05) is 53.1 Å². The van der Waals surface area contributed by atoms with Crippen molar-refractivity contribution < 1.29 is 4.74 Å². The maximum atomic E-state index is 12.7. The summed E-state index contributed by atoms with van der Waals surface area (Å²) in [6.45, 7) is 0. The molecule has 192 valence electrons. The molecule has 7 aromatic rings. The van der Waals surface area contributed by atoms with Crippen LogP contribution in [0.2, 0.25) is 5.02 Å². The molecule has 0 saturated heterocycles. The van der Waals surface area contributed by atoms with Crippen LogP contribution in [-0.2, 0) is 5.75 Å². The van der Waals surface area contributed by atoms with Gasteiger partial charge in [-0.2, -0.15) is 0 Å². The van der Waals surface area contributed by atoms with Gasteiger partial charge >= 0.3 is 0 Å². The van der Waals surface area contributed by atoms with Gasteiger partial charge in [0.1, 0.15) is 16.1 Å². The Morgan fingerprint density at radius 2 is 1.90 bits per heavy atom. The minimum Gasteiger partial charge on any atom is -0.497 e. The summed E-state index contributed by atoms with van der Waals surface area (Å²) >= 11 is 14.8. The van der Waals surface area contributed by atoms with Gasteiger partial charge in [0.2, 0.25) is 0 Å². The molecule has 0 aliphatic rings. The second kappa shape index (κ2) is 9.45. The Hall–Kier alpha value is -3.77. The van der Waals surface area contributed by atoms with Gasteiger partial charge in [-0.1, -0.05) is 52.9 Å². The highest BCUT2D eigenvalue weighted by Gasteiger charge is 2.20. The number of hydrogen-bond acceptors (Lipinski definition) is 8. The Balaban J connectivity index is 1.42. The van der Waals surface area contributed by atoms with E-state index in [-0.39, 0.29) is 5.56 Å². The first-order valence-electron chi connectivity index (χ1n) is 11.8. The van der Waals surface area contributed by atoms with Crippen molar-refractivity contribution in [2.75, 3.05) is 7.11 Å². The molecule has 39 heavy (non-hydrogen) atoms. The predicted molar refractivity (Wildman–Crippen MR) is 159 cm³/mol. The zero-order valence-electron chi connectivity index (χ0n) is 20.2. The summed E-state index contributed by atoms with van der Waals surface area (Å²) in [6.07, 6.45) is 1.57. The number of aromatic nitrogens is 6. The van der Waals surface area contributed by atoms with E-state index in [0.29, 0.717) is 36.9 Å². The van der Waals surface area contributed by atoms with Crippen molar-refractivity contribution in [1.82, 2.24) is 28.3 Å². The Bertz CT molecular complexity index is 2200. The van der Waals surface area contributed by atoms with Crippen molar-refractivity contribution >= 4 is 79.6 Å². The van der Waals surface area contributed by atoms with E-state index in [0.717, 1.165) is 32.8 Å². The quantitative estimate of drug-likeness (QED) is 0.128. The number of hydrogen-bond donors (Lipinski definition) is 0. The molecule has 0 saturated carbocycles. The molecule has 0 unspecified atom stereocenters. The number of rotatable bonds is 5. The summed E-state index contributed by atoms with van der Waals surface area (Å²) in [6, 6.07) is 20.7. The van der Waals surface area contributed by atoms with Crippen molar-refractivity contribution in [2.24, 2.45) is 0 Å². The average Bonchev–Trinajstić information content (AvgIpc) is 3.49. The number of fused-ring (bicyclic) bond motifs is 6. The number of nitrogens with zero attached hydrogens (tertiary/aromatic N) is 6. The Morgan fingerprint density at radius 3 is 2.77 bits per heavy atom. The third kappa shape index (κ3) is 4.09. The molecule has 8 nitrogen and oxygen atoms in total. The van der Waals surface area contributed by atoms with Gasteiger partial charge in [0, 0.05) is 24.1 Å². The first-order valence-corrected chi connectivity index (χ1v) is 14.4. The lowest BCUT2D eigenvalue weighted by atomic mass is 10.3. The number of thiazole rings is 1. The number of ether oxygens (including phenoxy) is 1.